The van der Waals surface area contributed by atoms with Gasteiger partial charge in [-0.15, -0.1) is 0 Å². The summed E-state index contributed by atoms with van der Waals surface area (Å²) in [5.74, 6) is 0.843. The van der Waals surface area contributed by atoms with E-state index in [1.807, 2.05) is 37.3 Å². The summed E-state index contributed by atoms with van der Waals surface area (Å²) in [6, 6.07) is 14.3. The lowest BCUT2D eigenvalue weighted by molar-refractivity contribution is 0.578. The second-order valence-electron chi connectivity index (χ2n) is 4.68. The van der Waals surface area contributed by atoms with Crippen molar-refractivity contribution in [2.45, 2.75) is 11.8 Å². The number of benzene rings is 2. The molecule has 0 aliphatic heterocycles. The molecule has 102 valence electrons. The number of aryl methyl sites for hydroxylation is 1. The van der Waals surface area contributed by atoms with Crippen LogP contribution in [0.25, 0.3) is 22.1 Å². The highest BCUT2D eigenvalue weighted by Gasteiger charge is 2.09. The van der Waals surface area contributed by atoms with Crippen LogP contribution in [-0.2, 0) is 10.0 Å². The van der Waals surface area contributed by atoms with E-state index in [1.165, 1.54) is 6.07 Å². The fraction of sp³-hybridized carbons (Fsp3) is 0.0667. The zero-order valence-corrected chi connectivity index (χ0v) is 11.6. The monoisotopic (exact) mass is 287 g/mol. The molecule has 0 aliphatic rings. The van der Waals surface area contributed by atoms with Crippen molar-refractivity contribution >= 4 is 21.0 Å². The molecular formula is C15H13NO3S. The van der Waals surface area contributed by atoms with Crippen LogP contribution in [0.3, 0.4) is 0 Å². The molecule has 0 radical (unpaired) electrons. The average molecular weight is 287 g/mol. The molecule has 5 heteroatoms. The number of sulfonamides is 1. The summed E-state index contributed by atoms with van der Waals surface area (Å²) >= 11 is 0. The number of rotatable bonds is 2. The Hall–Kier alpha value is -2.11. The van der Waals surface area contributed by atoms with Crippen LogP contribution in [-0.4, -0.2) is 8.42 Å². The first kappa shape index (κ1) is 12.9. The molecule has 0 amide bonds. The third-order valence-electron chi connectivity index (χ3n) is 3.14. The van der Waals surface area contributed by atoms with E-state index in [1.54, 1.807) is 12.1 Å². The summed E-state index contributed by atoms with van der Waals surface area (Å²) in [6.45, 7) is 1.89. The normalized spacial score (nSPS) is 11.9. The van der Waals surface area contributed by atoms with E-state index in [4.69, 9.17) is 9.56 Å². The van der Waals surface area contributed by atoms with Crippen LogP contribution < -0.4 is 5.14 Å². The first-order chi connectivity index (χ1) is 9.43. The van der Waals surface area contributed by atoms with E-state index < -0.39 is 10.0 Å². The van der Waals surface area contributed by atoms with Gasteiger partial charge >= 0.3 is 0 Å². The molecule has 0 bridgehead atoms. The molecule has 2 aromatic carbocycles. The van der Waals surface area contributed by atoms with Crippen LogP contribution in [0, 0.1) is 6.92 Å². The highest BCUT2D eigenvalue weighted by molar-refractivity contribution is 7.89. The molecule has 0 aliphatic carbocycles. The molecule has 1 aromatic heterocycles. The Morgan fingerprint density at radius 3 is 2.50 bits per heavy atom. The lowest BCUT2D eigenvalue weighted by atomic mass is 10.0. The third kappa shape index (κ3) is 2.33. The molecule has 0 saturated heterocycles. The minimum Gasteiger partial charge on any atom is -0.461 e. The molecule has 3 rings (SSSR count). The van der Waals surface area contributed by atoms with Gasteiger partial charge in [0.25, 0.3) is 0 Å². The minimum absolute atomic E-state index is 0.110. The number of primary sulfonamides is 1. The topological polar surface area (TPSA) is 73.3 Å². The Morgan fingerprint density at radius 2 is 1.75 bits per heavy atom. The molecule has 3 aromatic rings. The van der Waals surface area contributed by atoms with Crippen molar-refractivity contribution in [3.05, 3.63) is 54.3 Å². The first-order valence-corrected chi connectivity index (χ1v) is 7.61. The maximum atomic E-state index is 11.4. The Labute approximate surface area is 116 Å². The Balaban J connectivity index is 2.15. The maximum absolute atomic E-state index is 11.4. The van der Waals surface area contributed by atoms with Gasteiger partial charge in [-0.1, -0.05) is 18.2 Å². The van der Waals surface area contributed by atoms with Crippen LogP contribution in [0.1, 0.15) is 5.76 Å². The second-order valence-corrected chi connectivity index (χ2v) is 6.24. The molecule has 0 spiro atoms. The van der Waals surface area contributed by atoms with E-state index >= 15 is 0 Å². The van der Waals surface area contributed by atoms with Crippen molar-refractivity contribution in [2.75, 3.05) is 0 Å². The van der Waals surface area contributed by atoms with Crippen molar-refractivity contribution < 1.29 is 12.8 Å². The Kier molecular flexibility index (Phi) is 2.88. The van der Waals surface area contributed by atoms with Gasteiger partial charge in [0.1, 0.15) is 11.3 Å². The number of nitrogens with two attached hydrogens (primary N) is 1. The lowest BCUT2D eigenvalue weighted by Gasteiger charge is -2.04. The fourth-order valence-corrected chi connectivity index (χ4v) is 2.77. The summed E-state index contributed by atoms with van der Waals surface area (Å²) in [5, 5.41) is 6.14. The van der Waals surface area contributed by atoms with Gasteiger partial charge in [-0.05, 0) is 48.4 Å². The van der Waals surface area contributed by atoms with Crippen molar-refractivity contribution in [1.82, 2.24) is 0 Å². The number of hydrogen-bond donors (Lipinski definition) is 1. The minimum atomic E-state index is -3.69. The van der Waals surface area contributed by atoms with Crippen molar-refractivity contribution in [1.29, 1.82) is 0 Å². The Morgan fingerprint density at radius 1 is 1.00 bits per heavy atom. The zero-order valence-electron chi connectivity index (χ0n) is 10.8. The largest absolute Gasteiger partial charge is 0.461 e. The van der Waals surface area contributed by atoms with Gasteiger partial charge in [0.15, 0.2) is 0 Å². The van der Waals surface area contributed by atoms with Gasteiger partial charge in [0, 0.05) is 5.39 Å². The summed E-state index contributed by atoms with van der Waals surface area (Å²) in [4.78, 5) is 0.110. The van der Waals surface area contributed by atoms with Gasteiger partial charge in [0.05, 0.1) is 4.90 Å². The zero-order chi connectivity index (χ0) is 14.3. The highest BCUT2D eigenvalue weighted by Crippen LogP contribution is 2.27. The molecule has 0 fully saturated rings. The molecule has 2 N–H and O–H groups in total. The van der Waals surface area contributed by atoms with Crippen LogP contribution >= 0.6 is 0 Å². The summed E-state index contributed by atoms with van der Waals surface area (Å²) in [6.07, 6.45) is 0. The van der Waals surface area contributed by atoms with Crippen molar-refractivity contribution in [3.8, 4) is 11.1 Å². The fourth-order valence-electron chi connectivity index (χ4n) is 2.21. The summed E-state index contributed by atoms with van der Waals surface area (Å²) in [7, 11) is -3.69. The summed E-state index contributed by atoms with van der Waals surface area (Å²) < 4.78 is 28.3. The number of hydrogen-bond acceptors (Lipinski definition) is 3. The molecule has 0 saturated carbocycles. The van der Waals surface area contributed by atoms with Crippen LogP contribution in [0.2, 0.25) is 0 Å². The molecule has 1 heterocycles. The molecule has 20 heavy (non-hydrogen) atoms. The van der Waals surface area contributed by atoms with Gasteiger partial charge in [-0.2, -0.15) is 0 Å². The maximum Gasteiger partial charge on any atom is 0.238 e. The first-order valence-electron chi connectivity index (χ1n) is 6.07. The Bertz CT molecular complexity index is 894. The number of fused-ring (bicyclic) bond motifs is 1. The highest BCUT2D eigenvalue weighted by atomic mass is 32.2. The molecule has 0 unspecified atom stereocenters. The van der Waals surface area contributed by atoms with Crippen LogP contribution in [0.4, 0.5) is 0 Å². The average Bonchev–Trinajstić information content (AvgIpc) is 2.77. The molecule has 4 nitrogen and oxygen atoms in total. The van der Waals surface area contributed by atoms with Crippen molar-refractivity contribution in [3.63, 3.8) is 0 Å². The quantitative estimate of drug-likeness (QED) is 0.787. The summed E-state index contributed by atoms with van der Waals surface area (Å²) in [5.41, 5.74) is 2.54. The lowest BCUT2D eigenvalue weighted by Crippen LogP contribution is -2.11. The van der Waals surface area contributed by atoms with Gasteiger partial charge in [-0.3, -0.25) is 0 Å². The van der Waals surface area contributed by atoms with Gasteiger partial charge < -0.3 is 4.42 Å². The second kappa shape index (κ2) is 4.47. The van der Waals surface area contributed by atoms with Gasteiger partial charge in [0.2, 0.25) is 10.0 Å². The van der Waals surface area contributed by atoms with E-state index in [0.717, 1.165) is 27.9 Å². The van der Waals surface area contributed by atoms with Crippen LogP contribution in [0.15, 0.2) is 57.8 Å². The SMILES string of the molecule is Cc1cc2cc(-c3cccc(S(N)(=O)=O)c3)ccc2o1. The standard InChI is InChI=1S/C15H13NO3S/c1-10-7-13-8-12(5-6-15(13)19-10)11-3-2-4-14(9-11)20(16,17)18/h2-9H,1H3,(H2,16,17,18). The van der Waals surface area contributed by atoms with Crippen molar-refractivity contribution in [2.24, 2.45) is 5.14 Å². The predicted octanol–water partition coefficient (Wildman–Crippen LogP) is 3.06. The van der Waals surface area contributed by atoms with E-state index in [-0.39, 0.29) is 4.90 Å². The third-order valence-corrected chi connectivity index (χ3v) is 4.05. The van der Waals surface area contributed by atoms with Gasteiger partial charge in [-0.25, -0.2) is 13.6 Å². The van der Waals surface area contributed by atoms with E-state index in [9.17, 15) is 8.42 Å². The van der Waals surface area contributed by atoms with E-state index in [2.05, 4.69) is 0 Å². The number of furan rings is 1. The van der Waals surface area contributed by atoms with E-state index in [0.29, 0.717) is 0 Å². The molecule has 0 atom stereocenters. The predicted molar refractivity (Wildman–Crippen MR) is 77.8 cm³/mol. The smallest absolute Gasteiger partial charge is 0.238 e. The molecular weight excluding hydrogens is 274 g/mol. The van der Waals surface area contributed by atoms with Crippen LogP contribution in [0.5, 0.6) is 0 Å².